The van der Waals surface area contributed by atoms with Gasteiger partial charge in [-0.15, -0.1) is 0 Å². The zero-order valence-corrected chi connectivity index (χ0v) is 13.3. The van der Waals surface area contributed by atoms with Crippen LogP contribution in [0.3, 0.4) is 0 Å². The van der Waals surface area contributed by atoms with Crippen LogP contribution in [-0.2, 0) is 0 Å². The lowest BCUT2D eigenvalue weighted by molar-refractivity contribution is 0.0971. The lowest BCUT2D eigenvalue weighted by atomic mass is 9.83. The second kappa shape index (κ2) is 7.54. The number of rotatable bonds is 5. The van der Waals surface area contributed by atoms with E-state index >= 15 is 0 Å². The zero-order chi connectivity index (χ0) is 15.9. The summed E-state index contributed by atoms with van der Waals surface area (Å²) in [7, 11) is 0. The number of Topliss-reactive ketones (excluding diaryl/α,β-unsaturated/α-hetero) is 1. The van der Waals surface area contributed by atoms with Gasteiger partial charge in [-0.1, -0.05) is 58.4 Å². The molecule has 22 heavy (non-hydrogen) atoms. The first-order valence-electron chi connectivity index (χ1n) is 6.78. The van der Waals surface area contributed by atoms with Crippen LogP contribution in [0.1, 0.15) is 28.3 Å². The fraction of sp³-hybridized carbons (Fsp3) is 0.167. The Balaban J connectivity index is 2.32. The standard InChI is InChI=1S/C18H13BrN2O/c19-16-8-4-7-14(9-16)17(15(11-20)12-21)10-18(22)13-5-2-1-3-6-13/h1-9,15,17H,10H2/t17-/m0/s1. The van der Waals surface area contributed by atoms with Crippen LogP contribution in [0.25, 0.3) is 0 Å². The van der Waals surface area contributed by atoms with Gasteiger partial charge in [0.15, 0.2) is 5.78 Å². The molecule has 0 heterocycles. The van der Waals surface area contributed by atoms with Crippen molar-refractivity contribution < 1.29 is 4.79 Å². The molecule has 2 aromatic rings. The van der Waals surface area contributed by atoms with E-state index < -0.39 is 11.8 Å². The Morgan fingerprint density at radius 3 is 2.32 bits per heavy atom. The summed E-state index contributed by atoms with van der Waals surface area (Å²) in [4.78, 5) is 12.4. The van der Waals surface area contributed by atoms with Crippen molar-refractivity contribution in [3.63, 3.8) is 0 Å². The highest BCUT2D eigenvalue weighted by atomic mass is 79.9. The third kappa shape index (κ3) is 3.81. The van der Waals surface area contributed by atoms with Crippen molar-refractivity contribution in [3.05, 3.63) is 70.2 Å². The van der Waals surface area contributed by atoms with Crippen LogP contribution in [0.15, 0.2) is 59.1 Å². The number of nitriles is 2. The highest BCUT2D eigenvalue weighted by Gasteiger charge is 2.26. The molecule has 2 rings (SSSR count). The minimum Gasteiger partial charge on any atom is -0.294 e. The Kier molecular flexibility index (Phi) is 5.47. The van der Waals surface area contributed by atoms with Gasteiger partial charge in [-0.05, 0) is 17.7 Å². The Bertz CT molecular complexity index is 730. The smallest absolute Gasteiger partial charge is 0.163 e. The van der Waals surface area contributed by atoms with Crippen molar-refractivity contribution in [2.24, 2.45) is 5.92 Å². The highest BCUT2D eigenvalue weighted by molar-refractivity contribution is 9.10. The van der Waals surface area contributed by atoms with Crippen LogP contribution in [0.4, 0.5) is 0 Å². The molecule has 0 fully saturated rings. The van der Waals surface area contributed by atoms with E-state index in [0.29, 0.717) is 5.56 Å². The number of nitrogens with zero attached hydrogens (tertiary/aromatic N) is 2. The molecule has 0 spiro atoms. The lowest BCUT2D eigenvalue weighted by Crippen LogP contribution is -2.15. The van der Waals surface area contributed by atoms with E-state index in [2.05, 4.69) is 15.9 Å². The molecule has 0 aliphatic rings. The molecule has 0 aliphatic heterocycles. The normalized spacial score (nSPS) is 11.5. The number of ketones is 1. The van der Waals surface area contributed by atoms with Crippen molar-refractivity contribution in [2.45, 2.75) is 12.3 Å². The van der Waals surface area contributed by atoms with E-state index in [-0.39, 0.29) is 12.2 Å². The molecule has 108 valence electrons. The van der Waals surface area contributed by atoms with Gasteiger partial charge >= 0.3 is 0 Å². The van der Waals surface area contributed by atoms with Gasteiger partial charge in [0.05, 0.1) is 12.1 Å². The Morgan fingerprint density at radius 1 is 1.05 bits per heavy atom. The van der Waals surface area contributed by atoms with E-state index in [9.17, 15) is 15.3 Å². The first-order valence-corrected chi connectivity index (χ1v) is 7.58. The van der Waals surface area contributed by atoms with Crippen molar-refractivity contribution in [2.75, 3.05) is 0 Å². The van der Waals surface area contributed by atoms with E-state index in [1.165, 1.54) is 0 Å². The van der Waals surface area contributed by atoms with Crippen LogP contribution in [0.2, 0.25) is 0 Å². The largest absolute Gasteiger partial charge is 0.294 e. The minimum atomic E-state index is -0.859. The molecule has 0 amide bonds. The van der Waals surface area contributed by atoms with Gasteiger partial charge in [0.2, 0.25) is 0 Å². The number of hydrogen-bond donors (Lipinski definition) is 0. The summed E-state index contributed by atoms with van der Waals surface area (Å²) in [5.74, 6) is -1.37. The molecule has 0 radical (unpaired) electrons. The van der Waals surface area contributed by atoms with Gasteiger partial charge in [-0.3, -0.25) is 4.79 Å². The van der Waals surface area contributed by atoms with Gasteiger partial charge in [-0.25, -0.2) is 0 Å². The predicted molar refractivity (Wildman–Crippen MR) is 87.0 cm³/mol. The maximum absolute atomic E-state index is 12.4. The molecule has 0 saturated carbocycles. The number of carbonyl (C=O) groups excluding carboxylic acids is 1. The fourth-order valence-electron chi connectivity index (χ4n) is 2.32. The van der Waals surface area contributed by atoms with Crippen molar-refractivity contribution in [3.8, 4) is 12.1 Å². The molecule has 0 N–H and O–H groups in total. The molecule has 1 atom stereocenters. The summed E-state index contributed by atoms with van der Waals surface area (Å²) >= 11 is 3.38. The summed E-state index contributed by atoms with van der Waals surface area (Å²) < 4.78 is 0.858. The third-order valence-electron chi connectivity index (χ3n) is 3.46. The second-order valence-electron chi connectivity index (χ2n) is 4.89. The van der Waals surface area contributed by atoms with Gasteiger partial charge in [-0.2, -0.15) is 10.5 Å². The first kappa shape index (κ1) is 15.9. The fourth-order valence-corrected chi connectivity index (χ4v) is 2.73. The number of benzene rings is 2. The van der Waals surface area contributed by atoms with E-state index in [4.69, 9.17) is 0 Å². The molecule has 3 nitrogen and oxygen atoms in total. The van der Waals surface area contributed by atoms with Crippen molar-refractivity contribution in [1.82, 2.24) is 0 Å². The average molecular weight is 353 g/mol. The van der Waals surface area contributed by atoms with Crippen LogP contribution in [0.5, 0.6) is 0 Å². The zero-order valence-electron chi connectivity index (χ0n) is 11.7. The van der Waals surface area contributed by atoms with Gasteiger partial charge in [0, 0.05) is 22.4 Å². The van der Waals surface area contributed by atoms with Gasteiger partial charge in [0.25, 0.3) is 0 Å². The Labute approximate surface area is 137 Å². The first-order chi connectivity index (χ1) is 10.7. The molecule has 0 bridgehead atoms. The van der Waals surface area contributed by atoms with Gasteiger partial charge < -0.3 is 0 Å². The average Bonchev–Trinajstić information content (AvgIpc) is 2.55. The molecular formula is C18H13BrN2O. The molecule has 4 heteroatoms. The maximum Gasteiger partial charge on any atom is 0.163 e. The van der Waals surface area contributed by atoms with E-state index in [0.717, 1.165) is 10.0 Å². The molecule has 0 unspecified atom stereocenters. The predicted octanol–water partition coefficient (Wildman–Crippen LogP) is 4.47. The summed E-state index contributed by atoms with van der Waals surface area (Å²) in [5, 5.41) is 18.4. The Hall–Kier alpha value is -2.43. The Morgan fingerprint density at radius 2 is 1.73 bits per heavy atom. The van der Waals surface area contributed by atoms with Crippen LogP contribution in [0, 0.1) is 28.6 Å². The summed E-state index contributed by atoms with van der Waals surface area (Å²) in [6.45, 7) is 0. The third-order valence-corrected chi connectivity index (χ3v) is 3.95. The molecule has 0 aromatic heterocycles. The summed E-state index contributed by atoms with van der Waals surface area (Å²) in [5.41, 5.74) is 1.41. The molecule has 0 saturated heterocycles. The number of halogens is 1. The maximum atomic E-state index is 12.4. The van der Waals surface area contributed by atoms with Crippen molar-refractivity contribution in [1.29, 1.82) is 10.5 Å². The number of carbonyl (C=O) groups is 1. The highest BCUT2D eigenvalue weighted by Crippen LogP contribution is 2.30. The summed E-state index contributed by atoms with van der Waals surface area (Å²) in [6, 6.07) is 20.3. The van der Waals surface area contributed by atoms with E-state index in [1.54, 1.807) is 24.3 Å². The van der Waals surface area contributed by atoms with Crippen LogP contribution < -0.4 is 0 Å². The molecular weight excluding hydrogens is 340 g/mol. The monoisotopic (exact) mass is 352 g/mol. The molecule has 0 aliphatic carbocycles. The minimum absolute atomic E-state index is 0.0684. The molecule has 2 aromatic carbocycles. The SMILES string of the molecule is N#CC(C#N)[C@@H](CC(=O)c1ccccc1)c1cccc(Br)c1. The number of hydrogen-bond acceptors (Lipinski definition) is 3. The van der Waals surface area contributed by atoms with Crippen LogP contribution in [-0.4, -0.2) is 5.78 Å². The van der Waals surface area contributed by atoms with Gasteiger partial charge in [0.1, 0.15) is 5.92 Å². The van der Waals surface area contributed by atoms with Crippen LogP contribution >= 0.6 is 15.9 Å². The summed E-state index contributed by atoms with van der Waals surface area (Å²) in [6.07, 6.45) is 0.131. The van der Waals surface area contributed by atoms with Crippen molar-refractivity contribution >= 4 is 21.7 Å². The lowest BCUT2D eigenvalue weighted by Gasteiger charge is -2.17. The quantitative estimate of drug-likeness (QED) is 0.745. The van der Waals surface area contributed by atoms with E-state index in [1.807, 2.05) is 42.5 Å². The topological polar surface area (TPSA) is 64.7 Å². The second-order valence-corrected chi connectivity index (χ2v) is 5.81.